The van der Waals surface area contributed by atoms with E-state index in [0.717, 1.165) is 17.1 Å². The molecule has 2 rings (SSSR count). The maximum Gasteiger partial charge on any atom is 0.00471 e. The highest BCUT2D eigenvalue weighted by Crippen LogP contribution is 2.42. The first kappa shape index (κ1) is 8.93. The van der Waals surface area contributed by atoms with Crippen LogP contribution in [0.25, 0.3) is 0 Å². The van der Waals surface area contributed by atoms with E-state index in [2.05, 4.69) is 18.0 Å². The Bertz CT molecular complexity index is 144. The van der Waals surface area contributed by atoms with Crippen molar-refractivity contribution in [3.8, 4) is 0 Å². The average Bonchev–Trinajstić information content (AvgIpc) is 2.17. The molecular formula is C11H20S. The number of hydrogen-bond acceptors (Lipinski definition) is 1. The van der Waals surface area contributed by atoms with Crippen molar-refractivity contribution in [1.29, 1.82) is 0 Å². The molecule has 70 valence electrons. The Hall–Kier alpha value is 0.350. The third-order valence-electron chi connectivity index (χ3n) is 3.82. The van der Waals surface area contributed by atoms with Crippen LogP contribution >= 0.6 is 11.8 Å². The molecule has 0 heterocycles. The molecule has 2 fully saturated rings. The van der Waals surface area contributed by atoms with Crippen molar-refractivity contribution in [1.82, 2.24) is 0 Å². The molecular weight excluding hydrogens is 164 g/mol. The molecule has 0 N–H and O–H groups in total. The molecule has 0 aromatic carbocycles. The van der Waals surface area contributed by atoms with Gasteiger partial charge in [-0.15, -0.1) is 0 Å². The lowest BCUT2D eigenvalue weighted by Crippen LogP contribution is -2.28. The van der Waals surface area contributed by atoms with Crippen LogP contribution in [0.4, 0.5) is 0 Å². The van der Waals surface area contributed by atoms with Crippen LogP contribution in [0.3, 0.4) is 0 Å². The molecule has 0 bridgehead atoms. The number of fused-ring (bicyclic) bond motifs is 1. The van der Waals surface area contributed by atoms with E-state index in [-0.39, 0.29) is 0 Å². The molecule has 12 heavy (non-hydrogen) atoms. The van der Waals surface area contributed by atoms with Crippen molar-refractivity contribution in [3.05, 3.63) is 0 Å². The summed E-state index contributed by atoms with van der Waals surface area (Å²) in [5, 5.41) is 1.00. The minimum absolute atomic E-state index is 1.00. The van der Waals surface area contributed by atoms with Gasteiger partial charge in [0.1, 0.15) is 0 Å². The zero-order valence-corrected chi connectivity index (χ0v) is 8.91. The Morgan fingerprint density at radius 1 is 0.917 bits per heavy atom. The second kappa shape index (κ2) is 4.04. The van der Waals surface area contributed by atoms with Crippen LogP contribution in [0, 0.1) is 11.8 Å². The molecule has 1 heteroatoms. The van der Waals surface area contributed by atoms with Crippen LogP contribution in [-0.4, -0.2) is 11.5 Å². The van der Waals surface area contributed by atoms with E-state index in [9.17, 15) is 0 Å². The lowest BCUT2D eigenvalue weighted by molar-refractivity contribution is 0.175. The van der Waals surface area contributed by atoms with Gasteiger partial charge in [0.05, 0.1) is 0 Å². The van der Waals surface area contributed by atoms with E-state index in [0.29, 0.717) is 0 Å². The number of hydrogen-bond donors (Lipinski definition) is 0. The van der Waals surface area contributed by atoms with Gasteiger partial charge >= 0.3 is 0 Å². The summed E-state index contributed by atoms with van der Waals surface area (Å²) in [5.41, 5.74) is 0. The highest BCUT2D eigenvalue weighted by Gasteiger charge is 2.31. The Morgan fingerprint density at radius 3 is 2.42 bits per heavy atom. The first-order valence-corrected chi connectivity index (χ1v) is 6.71. The molecule has 0 nitrogen and oxygen atoms in total. The topological polar surface area (TPSA) is 0 Å². The Kier molecular flexibility index (Phi) is 3.00. The fraction of sp³-hybridized carbons (Fsp3) is 1.00. The van der Waals surface area contributed by atoms with Crippen molar-refractivity contribution in [3.63, 3.8) is 0 Å². The van der Waals surface area contributed by atoms with Crippen molar-refractivity contribution < 1.29 is 0 Å². The minimum Gasteiger partial charge on any atom is -0.162 e. The van der Waals surface area contributed by atoms with Crippen molar-refractivity contribution in [2.45, 2.75) is 50.2 Å². The molecule has 2 saturated carbocycles. The van der Waals surface area contributed by atoms with Gasteiger partial charge in [0.2, 0.25) is 0 Å². The van der Waals surface area contributed by atoms with Crippen LogP contribution in [-0.2, 0) is 0 Å². The lowest BCUT2D eigenvalue weighted by Gasteiger charge is -2.38. The minimum atomic E-state index is 1.00. The van der Waals surface area contributed by atoms with Crippen LogP contribution in [0.1, 0.15) is 44.9 Å². The number of rotatable bonds is 1. The van der Waals surface area contributed by atoms with E-state index < -0.39 is 0 Å². The lowest BCUT2D eigenvalue weighted by atomic mass is 9.71. The van der Waals surface area contributed by atoms with Gasteiger partial charge in [-0.25, -0.2) is 0 Å². The highest BCUT2D eigenvalue weighted by atomic mass is 32.2. The SMILES string of the molecule is CSC1CCC2CCCCC2C1. The fourth-order valence-corrected chi connectivity index (χ4v) is 3.86. The third kappa shape index (κ3) is 1.81. The second-order valence-electron chi connectivity index (χ2n) is 4.48. The zero-order valence-electron chi connectivity index (χ0n) is 8.09. The van der Waals surface area contributed by atoms with E-state index >= 15 is 0 Å². The molecule has 3 atom stereocenters. The first-order valence-electron chi connectivity index (χ1n) is 5.43. The number of thioether (sulfide) groups is 1. The predicted octanol–water partition coefficient (Wildman–Crippen LogP) is 3.71. The van der Waals surface area contributed by atoms with E-state index in [1.807, 2.05) is 0 Å². The largest absolute Gasteiger partial charge is 0.162 e. The van der Waals surface area contributed by atoms with Crippen molar-refractivity contribution in [2.75, 3.05) is 6.26 Å². The van der Waals surface area contributed by atoms with Gasteiger partial charge in [-0.3, -0.25) is 0 Å². The molecule has 0 saturated heterocycles. The Morgan fingerprint density at radius 2 is 1.67 bits per heavy atom. The Balaban J connectivity index is 1.90. The summed E-state index contributed by atoms with van der Waals surface area (Å²) < 4.78 is 0. The van der Waals surface area contributed by atoms with Gasteiger partial charge in [0, 0.05) is 5.25 Å². The van der Waals surface area contributed by atoms with E-state index in [1.54, 1.807) is 12.8 Å². The van der Waals surface area contributed by atoms with Crippen LogP contribution < -0.4 is 0 Å². The van der Waals surface area contributed by atoms with Gasteiger partial charge in [0.15, 0.2) is 0 Å². The van der Waals surface area contributed by atoms with E-state index in [4.69, 9.17) is 0 Å². The van der Waals surface area contributed by atoms with Gasteiger partial charge in [-0.05, 0) is 37.4 Å². The summed E-state index contributed by atoms with van der Waals surface area (Å²) in [4.78, 5) is 0. The van der Waals surface area contributed by atoms with Crippen molar-refractivity contribution >= 4 is 11.8 Å². The van der Waals surface area contributed by atoms with Gasteiger partial charge in [-0.2, -0.15) is 11.8 Å². The van der Waals surface area contributed by atoms with Gasteiger partial charge < -0.3 is 0 Å². The second-order valence-corrected chi connectivity index (χ2v) is 5.61. The molecule has 2 aliphatic carbocycles. The molecule has 0 amide bonds. The third-order valence-corrected chi connectivity index (χ3v) is 4.92. The molecule has 0 aromatic rings. The summed E-state index contributed by atoms with van der Waals surface area (Å²) in [6.45, 7) is 0. The summed E-state index contributed by atoms with van der Waals surface area (Å²) in [6, 6.07) is 0. The quantitative estimate of drug-likeness (QED) is 0.598. The van der Waals surface area contributed by atoms with Crippen LogP contribution in [0.5, 0.6) is 0 Å². The van der Waals surface area contributed by atoms with Crippen LogP contribution in [0.15, 0.2) is 0 Å². The smallest absolute Gasteiger partial charge is 0.00471 e. The standard InChI is InChI=1S/C11H20S/c1-12-11-7-6-9-4-2-3-5-10(9)8-11/h9-11H,2-8H2,1H3. The van der Waals surface area contributed by atoms with E-state index in [1.165, 1.54) is 32.1 Å². The summed E-state index contributed by atoms with van der Waals surface area (Å²) in [7, 11) is 0. The van der Waals surface area contributed by atoms with Gasteiger partial charge in [-0.1, -0.05) is 25.7 Å². The molecule has 2 aliphatic rings. The summed E-state index contributed by atoms with van der Waals surface area (Å²) in [6.07, 6.45) is 13.0. The molecule has 0 aliphatic heterocycles. The van der Waals surface area contributed by atoms with Crippen molar-refractivity contribution in [2.24, 2.45) is 11.8 Å². The average molecular weight is 184 g/mol. The predicted molar refractivity (Wildman–Crippen MR) is 56.6 cm³/mol. The van der Waals surface area contributed by atoms with Gasteiger partial charge in [0.25, 0.3) is 0 Å². The maximum absolute atomic E-state index is 2.29. The zero-order chi connectivity index (χ0) is 8.39. The fourth-order valence-electron chi connectivity index (χ4n) is 3.04. The molecule has 0 radical (unpaired) electrons. The van der Waals surface area contributed by atoms with Crippen LogP contribution in [0.2, 0.25) is 0 Å². The summed E-state index contributed by atoms with van der Waals surface area (Å²) in [5.74, 6) is 2.24. The normalized spacial score (nSPS) is 42.2. The molecule has 0 aromatic heterocycles. The first-order chi connectivity index (χ1) is 5.90. The Labute approximate surface area is 80.5 Å². The summed E-state index contributed by atoms with van der Waals surface area (Å²) >= 11 is 2.10. The maximum atomic E-state index is 2.29. The highest BCUT2D eigenvalue weighted by molar-refractivity contribution is 7.99. The molecule has 3 unspecified atom stereocenters. The monoisotopic (exact) mass is 184 g/mol. The molecule has 0 spiro atoms.